The summed E-state index contributed by atoms with van der Waals surface area (Å²) in [6.45, 7) is 3.04. The van der Waals surface area contributed by atoms with E-state index >= 15 is 0 Å². The van der Waals surface area contributed by atoms with Crippen molar-refractivity contribution in [3.05, 3.63) is 23.8 Å². The number of aromatic carboxylic acids is 1. The number of carboxylic acids is 1. The average molecular weight is 222 g/mol. The van der Waals surface area contributed by atoms with Gasteiger partial charge in [0.15, 0.2) is 0 Å². The maximum atomic E-state index is 10.9. The maximum absolute atomic E-state index is 10.9. The summed E-state index contributed by atoms with van der Waals surface area (Å²) in [5.41, 5.74) is 6.95. The number of nitrogen functional groups attached to an aromatic ring is 1. The van der Waals surface area contributed by atoms with Crippen LogP contribution in [0.5, 0.6) is 0 Å². The molecule has 4 heteroatoms. The zero-order valence-electron chi connectivity index (χ0n) is 9.73. The molecule has 1 aromatic carbocycles. The normalized spacial score (nSPS) is 10.1. The van der Waals surface area contributed by atoms with E-state index in [0.717, 1.165) is 25.1 Å². The van der Waals surface area contributed by atoms with Gasteiger partial charge in [-0.1, -0.05) is 13.3 Å². The van der Waals surface area contributed by atoms with Gasteiger partial charge in [-0.25, -0.2) is 4.79 Å². The largest absolute Gasteiger partial charge is 0.478 e. The van der Waals surface area contributed by atoms with E-state index in [1.807, 2.05) is 18.0 Å². The second kappa shape index (κ2) is 5.39. The molecular weight excluding hydrogens is 204 g/mol. The third kappa shape index (κ3) is 2.89. The molecule has 0 aliphatic rings. The highest BCUT2D eigenvalue weighted by Gasteiger charge is 2.10. The van der Waals surface area contributed by atoms with Gasteiger partial charge in [-0.3, -0.25) is 0 Å². The van der Waals surface area contributed by atoms with E-state index in [4.69, 9.17) is 10.8 Å². The van der Waals surface area contributed by atoms with Gasteiger partial charge >= 0.3 is 5.97 Å². The minimum atomic E-state index is -0.983. The van der Waals surface area contributed by atoms with Crippen molar-refractivity contribution in [3.63, 3.8) is 0 Å². The van der Waals surface area contributed by atoms with Crippen molar-refractivity contribution in [1.82, 2.24) is 0 Å². The Balaban J connectivity index is 2.89. The first-order valence-electron chi connectivity index (χ1n) is 5.40. The molecule has 0 bridgehead atoms. The molecule has 0 atom stereocenters. The molecule has 0 saturated heterocycles. The van der Waals surface area contributed by atoms with Crippen LogP contribution < -0.4 is 10.6 Å². The second-order valence-electron chi connectivity index (χ2n) is 3.85. The maximum Gasteiger partial charge on any atom is 0.337 e. The summed E-state index contributed by atoms with van der Waals surface area (Å²) in [5.74, 6) is -0.983. The standard InChI is InChI=1S/C12H18N2O2/c1-3-4-7-14(2)9-5-6-11(13)10(8-9)12(15)16/h5-6,8H,3-4,7,13H2,1-2H3,(H,15,16). The zero-order chi connectivity index (χ0) is 12.1. The number of hydrogen-bond acceptors (Lipinski definition) is 3. The molecule has 0 unspecified atom stereocenters. The van der Waals surface area contributed by atoms with Crippen LogP contribution in [0.3, 0.4) is 0 Å². The van der Waals surface area contributed by atoms with Gasteiger partial charge in [0.05, 0.1) is 5.56 Å². The lowest BCUT2D eigenvalue weighted by atomic mass is 10.1. The molecule has 88 valence electrons. The van der Waals surface area contributed by atoms with E-state index in [0.29, 0.717) is 5.69 Å². The van der Waals surface area contributed by atoms with E-state index in [2.05, 4.69) is 6.92 Å². The fraction of sp³-hybridized carbons (Fsp3) is 0.417. The Morgan fingerprint density at radius 1 is 1.50 bits per heavy atom. The Kier molecular flexibility index (Phi) is 4.17. The van der Waals surface area contributed by atoms with Crippen LogP contribution in [0.1, 0.15) is 30.1 Å². The summed E-state index contributed by atoms with van der Waals surface area (Å²) in [5, 5.41) is 8.95. The number of unbranched alkanes of at least 4 members (excludes halogenated alkanes) is 1. The molecule has 0 amide bonds. The van der Waals surface area contributed by atoms with Crippen LogP contribution in [0.4, 0.5) is 11.4 Å². The van der Waals surface area contributed by atoms with Gasteiger partial charge in [-0.2, -0.15) is 0 Å². The van der Waals surface area contributed by atoms with Crippen LogP contribution in [0.2, 0.25) is 0 Å². The number of rotatable bonds is 5. The van der Waals surface area contributed by atoms with E-state index in [9.17, 15) is 4.79 Å². The molecule has 0 aliphatic carbocycles. The number of anilines is 2. The van der Waals surface area contributed by atoms with Gasteiger partial charge < -0.3 is 15.7 Å². The first-order valence-corrected chi connectivity index (χ1v) is 5.40. The lowest BCUT2D eigenvalue weighted by molar-refractivity contribution is 0.0698. The molecule has 4 nitrogen and oxygen atoms in total. The summed E-state index contributed by atoms with van der Waals surface area (Å²) >= 11 is 0. The summed E-state index contributed by atoms with van der Waals surface area (Å²) in [7, 11) is 1.95. The van der Waals surface area contributed by atoms with Crippen LogP contribution in [0, 0.1) is 0 Å². The minimum Gasteiger partial charge on any atom is -0.478 e. The lowest BCUT2D eigenvalue weighted by Gasteiger charge is -2.19. The van der Waals surface area contributed by atoms with Crippen molar-refractivity contribution in [2.75, 3.05) is 24.2 Å². The number of nitrogens with two attached hydrogens (primary N) is 1. The molecule has 0 saturated carbocycles. The Labute approximate surface area is 95.7 Å². The topological polar surface area (TPSA) is 66.6 Å². The predicted octanol–water partition coefficient (Wildman–Crippen LogP) is 2.20. The van der Waals surface area contributed by atoms with E-state index in [-0.39, 0.29) is 5.56 Å². The second-order valence-corrected chi connectivity index (χ2v) is 3.85. The highest BCUT2D eigenvalue weighted by Crippen LogP contribution is 2.20. The monoisotopic (exact) mass is 222 g/mol. The fourth-order valence-corrected chi connectivity index (χ4v) is 1.49. The van der Waals surface area contributed by atoms with Crippen molar-refractivity contribution in [2.45, 2.75) is 19.8 Å². The van der Waals surface area contributed by atoms with Gasteiger partial charge in [0.2, 0.25) is 0 Å². The van der Waals surface area contributed by atoms with Gasteiger partial charge in [0.1, 0.15) is 0 Å². The molecule has 0 aromatic heterocycles. The number of carbonyl (C=O) groups is 1. The van der Waals surface area contributed by atoms with Crippen molar-refractivity contribution in [2.24, 2.45) is 0 Å². The molecular formula is C12H18N2O2. The zero-order valence-corrected chi connectivity index (χ0v) is 9.73. The highest BCUT2D eigenvalue weighted by atomic mass is 16.4. The van der Waals surface area contributed by atoms with Gasteiger partial charge in [0, 0.05) is 25.0 Å². The lowest BCUT2D eigenvalue weighted by Crippen LogP contribution is -2.19. The van der Waals surface area contributed by atoms with E-state index < -0.39 is 5.97 Å². The first kappa shape index (κ1) is 12.4. The number of nitrogens with zero attached hydrogens (tertiary/aromatic N) is 1. The fourth-order valence-electron chi connectivity index (χ4n) is 1.49. The van der Waals surface area contributed by atoms with Crippen LogP contribution >= 0.6 is 0 Å². The molecule has 0 heterocycles. The van der Waals surface area contributed by atoms with E-state index in [1.165, 1.54) is 0 Å². The van der Waals surface area contributed by atoms with Crippen LogP contribution in [-0.4, -0.2) is 24.7 Å². The third-order valence-corrected chi connectivity index (χ3v) is 2.56. The molecule has 0 fully saturated rings. The molecule has 3 N–H and O–H groups in total. The van der Waals surface area contributed by atoms with Gasteiger partial charge in [-0.05, 0) is 24.6 Å². The Morgan fingerprint density at radius 2 is 2.19 bits per heavy atom. The van der Waals surface area contributed by atoms with Crippen LogP contribution in [0.15, 0.2) is 18.2 Å². The first-order chi connectivity index (χ1) is 7.56. The number of hydrogen-bond donors (Lipinski definition) is 2. The minimum absolute atomic E-state index is 0.167. The van der Waals surface area contributed by atoms with Crippen molar-refractivity contribution in [1.29, 1.82) is 0 Å². The molecule has 0 spiro atoms. The average Bonchev–Trinajstić information content (AvgIpc) is 2.26. The summed E-state index contributed by atoms with van der Waals surface area (Å²) in [6.07, 6.45) is 2.20. The van der Waals surface area contributed by atoms with Gasteiger partial charge in [0.25, 0.3) is 0 Å². The molecule has 16 heavy (non-hydrogen) atoms. The van der Waals surface area contributed by atoms with Crippen molar-refractivity contribution in [3.8, 4) is 0 Å². The quantitative estimate of drug-likeness (QED) is 0.749. The highest BCUT2D eigenvalue weighted by molar-refractivity contribution is 5.94. The smallest absolute Gasteiger partial charge is 0.337 e. The van der Waals surface area contributed by atoms with Crippen molar-refractivity contribution < 1.29 is 9.90 Å². The van der Waals surface area contributed by atoms with Crippen LogP contribution in [0.25, 0.3) is 0 Å². The van der Waals surface area contributed by atoms with Crippen molar-refractivity contribution >= 4 is 17.3 Å². The Bertz CT molecular complexity index is 377. The predicted molar refractivity (Wildman–Crippen MR) is 66.0 cm³/mol. The number of carboxylic acid groups (broad SMARTS) is 1. The SMILES string of the molecule is CCCCN(C)c1ccc(N)c(C(=O)O)c1. The van der Waals surface area contributed by atoms with Crippen LogP contribution in [-0.2, 0) is 0 Å². The summed E-state index contributed by atoms with van der Waals surface area (Å²) in [6, 6.07) is 5.10. The van der Waals surface area contributed by atoms with Gasteiger partial charge in [-0.15, -0.1) is 0 Å². The Morgan fingerprint density at radius 3 is 2.75 bits per heavy atom. The number of benzene rings is 1. The third-order valence-electron chi connectivity index (χ3n) is 2.56. The summed E-state index contributed by atoms with van der Waals surface area (Å²) in [4.78, 5) is 12.9. The molecule has 1 rings (SSSR count). The Hall–Kier alpha value is -1.71. The molecule has 0 radical (unpaired) electrons. The summed E-state index contributed by atoms with van der Waals surface area (Å²) < 4.78 is 0. The van der Waals surface area contributed by atoms with E-state index in [1.54, 1.807) is 12.1 Å². The molecule has 0 aliphatic heterocycles. The molecule has 1 aromatic rings.